The van der Waals surface area contributed by atoms with Crippen LogP contribution in [0, 0.1) is 17.8 Å². The molecule has 1 N–H and O–H groups in total. The topological polar surface area (TPSA) is 20.2 Å². The summed E-state index contributed by atoms with van der Waals surface area (Å²) in [7, 11) is 0. The number of hydrogen-bond donors (Lipinski definition) is 1. The molecule has 13 heavy (non-hydrogen) atoms. The molecule has 1 aliphatic rings. The Morgan fingerprint density at radius 2 is 1.85 bits per heavy atom. The molecule has 1 saturated carbocycles. The minimum atomic E-state index is -0.0289. The number of rotatable bonds is 1. The third kappa shape index (κ3) is 4.92. The molecule has 0 bridgehead atoms. The van der Waals surface area contributed by atoms with Gasteiger partial charge in [-0.25, -0.2) is 0 Å². The molecular weight excluding hydrogens is 170 g/mol. The second kappa shape index (κ2) is 7.39. The van der Waals surface area contributed by atoms with Gasteiger partial charge in [-0.05, 0) is 30.6 Å². The molecule has 1 nitrogen and oxygen atoms in total. The Bertz CT molecular complexity index is 143. The van der Waals surface area contributed by atoms with Gasteiger partial charge in [-0.1, -0.05) is 27.2 Å². The van der Waals surface area contributed by atoms with Gasteiger partial charge in [-0.15, -0.1) is 0 Å². The Labute approximate surface area is 111 Å². The molecule has 1 rings (SSSR count). The summed E-state index contributed by atoms with van der Waals surface area (Å²) in [6.07, 6.45) is 3.52. The molecule has 0 aromatic heterocycles. The van der Waals surface area contributed by atoms with E-state index >= 15 is 0 Å². The van der Waals surface area contributed by atoms with Crippen LogP contribution in [0.2, 0.25) is 0 Å². The molecule has 0 amide bonds. The van der Waals surface area contributed by atoms with Crippen molar-refractivity contribution in [1.82, 2.24) is 0 Å². The number of aliphatic hydroxyl groups is 1. The van der Waals surface area contributed by atoms with Crippen molar-refractivity contribution in [1.29, 1.82) is 0 Å². The predicted molar refractivity (Wildman–Crippen MR) is 57.6 cm³/mol. The number of hydrogen-bond acceptors (Lipinski definition) is 1. The fraction of sp³-hybridized carbons (Fsp3) is 1.00. The van der Waals surface area contributed by atoms with Gasteiger partial charge in [-0.2, -0.15) is 0 Å². The summed E-state index contributed by atoms with van der Waals surface area (Å²) in [6.45, 7) is 6.66. The van der Waals surface area contributed by atoms with E-state index < -0.39 is 0 Å². The average Bonchev–Trinajstić information content (AvgIpc) is 1.85. The third-order valence-electron chi connectivity index (χ3n) is 2.99. The maximum absolute atomic E-state index is 9.71. The van der Waals surface area contributed by atoms with Crippen LogP contribution in [0.1, 0.15) is 45.7 Å². The SMILES string of the molecule is CC1CCC(C(C)C)C(O)C1.[Al+3].[H-].[H-].[H-].[H-].[Li+]. The molecular formula is C10H24AlLiO. The van der Waals surface area contributed by atoms with Crippen LogP contribution in [0.15, 0.2) is 0 Å². The van der Waals surface area contributed by atoms with Crippen LogP contribution in [0.3, 0.4) is 0 Å². The van der Waals surface area contributed by atoms with Gasteiger partial charge in [0, 0.05) is 0 Å². The Balaban J connectivity index is -0.0000000504. The van der Waals surface area contributed by atoms with Crippen LogP contribution in [0.4, 0.5) is 0 Å². The first-order valence-electron chi connectivity index (χ1n) is 4.79. The van der Waals surface area contributed by atoms with Crippen molar-refractivity contribution in [2.24, 2.45) is 17.8 Å². The van der Waals surface area contributed by atoms with Crippen LogP contribution < -0.4 is 18.9 Å². The molecule has 0 aromatic rings. The second-order valence-electron chi connectivity index (χ2n) is 4.39. The van der Waals surface area contributed by atoms with Gasteiger partial charge >= 0.3 is 36.2 Å². The molecule has 0 saturated heterocycles. The molecule has 3 unspecified atom stereocenters. The van der Waals surface area contributed by atoms with Crippen LogP contribution in [0.5, 0.6) is 0 Å². The molecule has 74 valence electrons. The summed E-state index contributed by atoms with van der Waals surface area (Å²) in [5, 5.41) is 9.71. The zero-order valence-corrected chi connectivity index (χ0v) is 10.6. The van der Waals surface area contributed by atoms with E-state index in [0.29, 0.717) is 11.8 Å². The zero-order valence-electron chi connectivity index (χ0n) is 13.5. The molecule has 0 aliphatic heterocycles. The van der Waals surface area contributed by atoms with Gasteiger partial charge in [0.05, 0.1) is 6.10 Å². The minimum Gasteiger partial charge on any atom is -1.00 e. The standard InChI is InChI=1S/C10H20O.Al.Li.4H/c1-7(2)9-5-4-8(3)6-10(9)11;;;;;;/h7-11H,4-6H2,1-3H3;;;;;;/q;+3;+1;4*-1. The molecule has 0 aromatic carbocycles. The second-order valence-corrected chi connectivity index (χ2v) is 4.39. The third-order valence-corrected chi connectivity index (χ3v) is 2.99. The first-order valence-corrected chi connectivity index (χ1v) is 4.79. The van der Waals surface area contributed by atoms with E-state index in [1.165, 1.54) is 12.8 Å². The van der Waals surface area contributed by atoms with Crippen LogP contribution >= 0.6 is 0 Å². The summed E-state index contributed by atoms with van der Waals surface area (Å²) in [5.74, 6) is 1.95. The van der Waals surface area contributed by atoms with E-state index in [1.807, 2.05) is 0 Å². The van der Waals surface area contributed by atoms with Gasteiger partial charge in [0.25, 0.3) is 0 Å². The summed E-state index contributed by atoms with van der Waals surface area (Å²) in [5.41, 5.74) is 0. The van der Waals surface area contributed by atoms with Gasteiger partial charge in [-0.3, -0.25) is 0 Å². The quantitative estimate of drug-likeness (QED) is 0.559. The van der Waals surface area contributed by atoms with Crippen LogP contribution in [0.25, 0.3) is 0 Å². The van der Waals surface area contributed by atoms with E-state index in [2.05, 4.69) is 20.8 Å². The van der Waals surface area contributed by atoms with E-state index in [-0.39, 0.29) is 48.0 Å². The fourth-order valence-electron chi connectivity index (χ4n) is 2.15. The summed E-state index contributed by atoms with van der Waals surface area (Å²) in [4.78, 5) is 0. The maximum Gasteiger partial charge on any atom is 3.00 e. The van der Waals surface area contributed by atoms with E-state index in [1.54, 1.807) is 0 Å². The maximum atomic E-state index is 9.71. The summed E-state index contributed by atoms with van der Waals surface area (Å²) >= 11 is 0. The van der Waals surface area contributed by atoms with E-state index in [9.17, 15) is 5.11 Å². The van der Waals surface area contributed by atoms with Gasteiger partial charge in [0.15, 0.2) is 0 Å². The molecule has 1 fully saturated rings. The van der Waals surface area contributed by atoms with Crippen LogP contribution in [-0.2, 0) is 0 Å². The Kier molecular flexibility index (Phi) is 9.39. The number of aliphatic hydroxyl groups excluding tert-OH is 1. The van der Waals surface area contributed by atoms with Crippen molar-refractivity contribution in [2.75, 3.05) is 0 Å². The van der Waals surface area contributed by atoms with Crippen molar-refractivity contribution in [3.63, 3.8) is 0 Å². The van der Waals surface area contributed by atoms with Crippen molar-refractivity contribution in [3.05, 3.63) is 0 Å². The van der Waals surface area contributed by atoms with Crippen molar-refractivity contribution in [3.8, 4) is 0 Å². The first-order chi connectivity index (χ1) is 5.11. The van der Waals surface area contributed by atoms with Crippen molar-refractivity contribution in [2.45, 2.75) is 46.1 Å². The summed E-state index contributed by atoms with van der Waals surface area (Å²) < 4.78 is 0. The molecule has 0 heterocycles. The molecule has 0 radical (unpaired) electrons. The van der Waals surface area contributed by atoms with Crippen molar-refractivity contribution < 1.29 is 29.7 Å². The van der Waals surface area contributed by atoms with Gasteiger partial charge < -0.3 is 10.8 Å². The molecule has 1 aliphatic carbocycles. The van der Waals surface area contributed by atoms with Gasteiger partial charge in [0.2, 0.25) is 0 Å². The molecule has 3 heteroatoms. The predicted octanol–water partition coefficient (Wildman–Crippen LogP) is -0.487. The zero-order chi connectivity index (χ0) is 8.43. The minimum absolute atomic E-state index is 0. The van der Waals surface area contributed by atoms with Gasteiger partial charge in [0.1, 0.15) is 0 Å². The fourth-order valence-corrected chi connectivity index (χ4v) is 2.15. The molecule has 0 spiro atoms. The normalized spacial score (nSPS) is 33.5. The molecule has 3 atom stereocenters. The Morgan fingerprint density at radius 3 is 2.23 bits per heavy atom. The van der Waals surface area contributed by atoms with Crippen molar-refractivity contribution >= 4 is 17.4 Å². The summed E-state index contributed by atoms with van der Waals surface area (Å²) in [6, 6.07) is 0. The van der Waals surface area contributed by atoms with E-state index in [4.69, 9.17) is 0 Å². The Hall–Kier alpha value is 1.09. The smallest absolute Gasteiger partial charge is 1.00 e. The average molecular weight is 194 g/mol. The first kappa shape index (κ1) is 16.5. The van der Waals surface area contributed by atoms with E-state index in [0.717, 1.165) is 12.3 Å². The Morgan fingerprint density at radius 1 is 1.31 bits per heavy atom. The monoisotopic (exact) mass is 194 g/mol. The largest absolute Gasteiger partial charge is 3.00 e. The van der Waals surface area contributed by atoms with Crippen LogP contribution in [-0.4, -0.2) is 28.6 Å².